The number of carboxylic acid groups (broad SMARTS) is 1. The molecule has 0 aliphatic rings. The summed E-state index contributed by atoms with van der Waals surface area (Å²) in [4.78, 5) is 23.3. The Bertz CT molecular complexity index is 490. The van der Waals surface area contributed by atoms with Crippen LogP contribution in [0, 0.1) is 16.0 Å². The number of nitro groups is 1. The van der Waals surface area contributed by atoms with E-state index in [-0.39, 0.29) is 11.7 Å². The summed E-state index contributed by atoms with van der Waals surface area (Å²) >= 11 is 0. The van der Waals surface area contributed by atoms with Crippen LogP contribution in [0.1, 0.15) is 32.4 Å². The maximum atomic E-state index is 10.9. The first-order valence-electron chi connectivity index (χ1n) is 6.58. The van der Waals surface area contributed by atoms with Crippen molar-refractivity contribution in [2.75, 3.05) is 13.1 Å². The Morgan fingerprint density at radius 3 is 2.60 bits per heavy atom. The summed E-state index contributed by atoms with van der Waals surface area (Å²) < 4.78 is 0. The van der Waals surface area contributed by atoms with Crippen LogP contribution in [0.3, 0.4) is 0 Å². The van der Waals surface area contributed by atoms with Gasteiger partial charge in [0.25, 0.3) is 5.69 Å². The van der Waals surface area contributed by atoms with Crippen LogP contribution >= 0.6 is 0 Å². The van der Waals surface area contributed by atoms with Gasteiger partial charge in [-0.1, -0.05) is 26.0 Å². The summed E-state index contributed by atoms with van der Waals surface area (Å²) in [6.45, 7) is 6.63. The van der Waals surface area contributed by atoms with Crippen molar-refractivity contribution in [3.63, 3.8) is 0 Å². The van der Waals surface area contributed by atoms with E-state index in [4.69, 9.17) is 5.11 Å². The van der Waals surface area contributed by atoms with Crippen molar-refractivity contribution in [1.82, 2.24) is 4.90 Å². The molecule has 0 heterocycles. The fourth-order valence-corrected chi connectivity index (χ4v) is 2.10. The van der Waals surface area contributed by atoms with Gasteiger partial charge in [0.05, 0.1) is 10.8 Å². The van der Waals surface area contributed by atoms with E-state index in [1.165, 1.54) is 6.07 Å². The van der Waals surface area contributed by atoms with Gasteiger partial charge in [-0.15, -0.1) is 0 Å². The number of nitrogens with zero attached hydrogens (tertiary/aromatic N) is 2. The molecule has 1 aromatic carbocycles. The number of hydrogen-bond donors (Lipinski definition) is 1. The Balaban J connectivity index is 2.90. The van der Waals surface area contributed by atoms with Gasteiger partial charge in [0.15, 0.2) is 0 Å². The SMILES string of the molecule is CCN(CC(C)C(=O)O)C(C)c1cccc([N+](=O)[O-])c1. The van der Waals surface area contributed by atoms with E-state index in [1.807, 2.05) is 24.8 Å². The zero-order chi connectivity index (χ0) is 15.3. The molecule has 0 saturated carbocycles. The standard InChI is InChI=1S/C14H20N2O4/c1-4-15(9-10(2)14(17)18)11(3)12-6-5-7-13(8-12)16(19)20/h5-8,10-11H,4,9H2,1-3H3,(H,17,18). The summed E-state index contributed by atoms with van der Waals surface area (Å²) in [6.07, 6.45) is 0. The maximum Gasteiger partial charge on any atom is 0.307 e. The molecule has 1 aromatic rings. The molecule has 0 spiro atoms. The molecule has 1 N–H and O–H groups in total. The Morgan fingerprint density at radius 1 is 1.45 bits per heavy atom. The molecule has 2 unspecified atom stereocenters. The lowest BCUT2D eigenvalue weighted by Crippen LogP contribution is -2.33. The third kappa shape index (κ3) is 4.03. The van der Waals surface area contributed by atoms with Crippen molar-refractivity contribution in [3.8, 4) is 0 Å². The highest BCUT2D eigenvalue weighted by molar-refractivity contribution is 5.69. The van der Waals surface area contributed by atoms with Crippen LogP contribution in [0.5, 0.6) is 0 Å². The van der Waals surface area contributed by atoms with E-state index >= 15 is 0 Å². The third-order valence-electron chi connectivity index (χ3n) is 3.45. The summed E-state index contributed by atoms with van der Waals surface area (Å²) in [6, 6.07) is 6.40. The zero-order valence-electron chi connectivity index (χ0n) is 11.9. The topological polar surface area (TPSA) is 83.7 Å². The predicted octanol–water partition coefficient (Wildman–Crippen LogP) is 2.70. The summed E-state index contributed by atoms with van der Waals surface area (Å²) in [5, 5.41) is 19.8. The van der Waals surface area contributed by atoms with Gasteiger partial charge < -0.3 is 5.11 Å². The van der Waals surface area contributed by atoms with Crippen molar-refractivity contribution < 1.29 is 14.8 Å². The normalized spacial score (nSPS) is 14.0. The minimum absolute atomic E-state index is 0.0525. The van der Waals surface area contributed by atoms with Gasteiger partial charge in [-0.2, -0.15) is 0 Å². The van der Waals surface area contributed by atoms with Gasteiger partial charge in [-0.05, 0) is 19.0 Å². The van der Waals surface area contributed by atoms with E-state index in [2.05, 4.69) is 0 Å². The smallest absolute Gasteiger partial charge is 0.307 e. The molecule has 0 aliphatic carbocycles. The van der Waals surface area contributed by atoms with Crippen molar-refractivity contribution in [1.29, 1.82) is 0 Å². The lowest BCUT2D eigenvalue weighted by atomic mass is 10.0. The van der Waals surface area contributed by atoms with Crippen LogP contribution in [0.4, 0.5) is 5.69 Å². The number of hydrogen-bond acceptors (Lipinski definition) is 4. The molecular weight excluding hydrogens is 260 g/mol. The zero-order valence-corrected chi connectivity index (χ0v) is 11.9. The molecule has 20 heavy (non-hydrogen) atoms. The minimum atomic E-state index is -0.838. The van der Waals surface area contributed by atoms with Crippen LogP contribution < -0.4 is 0 Å². The number of carbonyl (C=O) groups is 1. The highest BCUT2D eigenvalue weighted by Gasteiger charge is 2.21. The molecule has 0 aliphatic heterocycles. The number of non-ortho nitro benzene ring substituents is 1. The van der Waals surface area contributed by atoms with Gasteiger partial charge in [0.2, 0.25) is 0 Å². The first-order chi connectivity index (χ1) is 9.36. The molecule has 6 nitrogen and oxygen atoms in total. The second-order valence-corrected chi connectivity index (χ2v) is 4.85. The van der Waals surface area contributed by atoms with Gasteiger partial charge in [-0.25, -0.2) is 0 Å². The average molecular weight is 280 g/mol. The summed E-state index contributed by atoms with van der Waals surface area (Å²) in [5.74, 6) is -1.31. The van der Waals surface area contributed by atoms with Crippen LogP contribution in [-0.4, -0.2) is 34.0 Å². The minimum Gasteiger partial charge on any atom is -0.481 e. The molecule has 0 amide bonds. The fourth-order valence-electron chi connectivity index (χ4n) is 2.10. The molecule has 1 rings (SSSR count). The van der Waals surface area contributed by atoms with E-state index in [1.54, 1.807) is 19.1 Å². The lowest BCUT2D eigenvalue weighted by molar-refractivity contribution is -0.385. The van der Waals surface area contributed by atoms with Crippen LogP contribution in [-0.2, 0) is 4.79 Å². The third-order valence-corrected chi connectivity index (χ3v) is 3.45. The van der Waals surface area contributed by atoms with Crippen molar-refractivity contribution in [2.24, 2.45) is 5.92 Å². The second kappa shape index (κ2) is 7.00. The van der Waals surface area contributed by atoms with E-state index in [0.717, 1.165) is 5.56 Å². The Kier molecular flexibility index (Phi) is 5.64. The molecule has 0 bridgehead atoms. The van der Waals surface area contributed by atoms with Crippen molar-refractivity contribution in [3.05, 3.63) is 39.9 Å². The molecule has 0 radical (unpaired) electrons. The average Bonchev–Trinajstić information content (AvgIpc) is 2.43. The molecule has 6 heteroatoms. The van der Waals surface area contributed by atoms with Crippen molar-refractivity contribution >= 4 is 11.7 Å². The highest BCUT2D eigenvalue weighted by atomic mass is 16.6. The van der Waals surface area contributed by atoms with Gasteiger partial charge >= 0.3 is 5.97 Å². The first kappa shape index (κ1) is 16.1. The van der Waals surface area contributed by atoms with Gasteiger partial charge in [-0.3, -0.25) is 19.8 Å². The van der Waals surface area contributed by atoms with Crippen LogP contribution in [0.25, 0.3) is 0 Å². The van der Waals surface area contributed by atoms with Gasteiger partial charge in [0.1, 0.15) is 0 Å². The monoisotopic (exact) mass is 280 g/mol. The number of rotatable bonds is 7. The van der Waals surface area contributed by atoms with Crippen LogP contribution in [0.2, 0.25) is 0 Å². The Hall–Kier alpha value is -1.95. The largest absolute Gasteiger partial charge is 0.481 e. The second-order valence-electron chi connectivity index (χ2n) is 4.85. The molecule has 110 valence electrons. The number of nitro benzene ring substituents is 1. The number of aliphatic carboxylic acids is 1. The quantitative estimate of drug-likeness (QED) is 0.613. The van der Waals surface area contributed by atoms with Crippen LogP contribution in [0.15, 0.2) is 24.3 Å². The number of benzene rings is 1. The van der Waals surface area contributed by atoms with E-state index < -0.39 is 16.8 Å². The molecule has 0 fully saturated rings. The summed E-state index contributed by atoms with van der Waals surface area (Å²) in [5.41, 5.74) is 0.871. The molecule has 2 atom stereocenters. The molecule has 0 aromatic heterocycles. The van der Waals surface area contributed by atoms with E-state index in [0.29, 0.717) is 13.1 Å². The maximum absolute atomic E-state index is 10.9. The highest BCUT2D eigenvalue weighted by Crippen LogP contribution is 2.24. The Morgan fingerprint density at radius 2 is 2.10 bits per heavy atom. The fraction of sp³-hybridized carbons (Fsp3) is 0.500. The van der Waals surface area contributed by atoms with Gasteiger partial charge in [0, 0.05) is 24.7 Å². The summed E-state index contributed by atoms with van der Waals surface area (Å²) in [7, 11) is 0. The molecule has 0 saturated heterocycles. The molecular formula is C14H20N2O4. The van der Waals surface area contributed by atoms with Crippen molar-refractivity contribution in [2.45, 2.75) is 26.8 Å². The number of carboxylic acids is 1. The van der Waals surface area contributed by atoms with E-state index in [9.17, 15) is 14.9 Å². The lowest BCUT2D eigenvalue weighted by Gasteiger charge is -2.29. The first-order valence-corrected chi connectivity index (χ1v) is 6.58. The predicted molar refractivity (Wildman–Crippen MR) is 75.6 cm³/mol. The Labute approximate surface area is 118 Å².